The predicted molar refractivity (Wildman–Crippen MR) is 36.0 cm³/mol. The van der Waals surface area contributed by atoms with Gasteiger partial charge in [0.2, 0.25) is 0 Å². The molecular formula is C5H9O4S. The van der Waals surface area contributed by atoms with E-state index in [0.29, 0.717) is 12.8 Å². The molecule has 0 saturated carbocycles. The van der Waals surface area contributed by atoms with Crippen LogP contribution >= 0.6 is 0 Å². The Hall–Kier alpha value is -0.420. The van der Waals surface area contributed by atoms with Gasteiger partial charge in [-0.3, -0.25) is 9.35 Å². The second kappa shape index (κ2) is 4.40. The fourth-order valence-corrected chi connectivity index (χ4v) is 1.05. The summed E-state index contributed by atoms with van der Waals surface area (Å²) in [6.45, 7) is 0. The van der Waals surface area contributed by atoms with Gasteiger partial charge in [-0.1, -0.05) is 0 Å². The molecule has 0 aliphatic heterocycles. The van der Waals surface area contributed by atoms with Crippen LogP contribution in [0, 0.1) is 0 Å². The molecule has 0 fully saturated rings. The highest BCUT2D eigenvalue weighted by Gasteiger charge is 2.02. The van der Waals surface area contributed by atoms with Gasteiger partial charge in [-0.25, -0.2) is 0 Å². The molecule has 0 saturated heterocycles. The minimum Gasteiger partial charge on any atom is -0.291 e. The molecule has 0 spiro atoms. The maximum atomic E-state index is 10.1. The van der Waals surface area contributed by atoms with Crippen molar-refractivity contribution < 1.29 is 17.8 Å². The van der Waals surface area contributed by atoms with Gasteiger partial charge in [-0.15, -0.1) is 0 Å². The normalized spacial score (nSPS) is 11.3. The molecule has 0 unspecified atom stereocenters. The largest absolute Gasteiger partial charge is 0.291 e. The first-order chi connectivity index (χ1) is 4.56. The van der Waals surface area contributed by atoms with Crippen LogP contribution in [0.4, 0.5) is 0 Å². The summed E-state index contributed by atoms with van der Waals surface area (Å²) in [7, 11) is -3.83. The fraction of sp³-hybridized carbons (Fsp3) is 0.800. The Balaban J connectivity index is 3.29. The first-order valence-corrected chi connectivity index (χ1v) is 4.47. The monoisotopic (exact) mass is 165 g/mol. The quantitative estimate of drug-likeness (QED) is 0.465. The van der Waals surface area contributed by atoms with E-state index in [2.05, 4.69) is 0 Å². The zero-order valence-corrected chi connectivity index (χ0v) is 6.23. The Bertz CT molecular complexity index is 182. The van der Waals surface area contributed by atoms with Crippen LogP contribution in [0.25, 0.3) is 0 Å². The highest BCUT2D eigenvalue weighted by Crippen LogP contribution is 1.95. The Kier molecular flexibility index (Phi) is 4.22. The molecule has 0 atom stereocenters. The lowest BCUT2D eigenvalue weighted by atomic mass is 10.3. The Morgan fingerprint density at radius 3 is 2.30 bits per heavy atom. The molecule has 10 heavy (non-hydrogen) atoms. The smallest absolute Gasteiger partial charge is 0.264 e. The van der Waals surface area contributed by atoms with Crippen molar-refractivity contribution in [1.29, 1.82) is 0 Å². The summed E-state index contributed by atoms with van der Waals surface area (Å²) in [4.78, 5) is 9.59. The average molecular weight is 165 g/mol. The SMILES string of the molecule is O=[C]CCCCS(=O)(=O)O. The molecule has 1 N–H and O–H groups in total. The first-order valence-electron chi connectivity index (χ1n) is 2.86. The van der Waals surface area contributed by atoms with Crippen molar-refractivity contribution in [1.82, 2.24) is 0 Å². The molecule has 0 rings (SSSR count). The highest BCUT2D eigenvalue weighted by atomic mass is 32.2. The van der Waals surface area contributed by atoms with Crippen LogP contribution in [0.15, 0.2) is 0 Å². The maximum absolute atomic E-state index is 10.1. The number of carbonyl (C=O) groups excluding carboxylic acids is 1. The molecule has 0 aromatic carbocycles. The maximum Gasteiger partial charge on any atom is 0.264 e. The molecular weight excluding hydrogens is 156 g/mol. The van der Waals surface area contributed by atoms with E-state index in [-0.39, 0.29) is 12.2 Å². The van der Waals surface area contributed by atoms with Crippen molar-refractivity contribution in [3.05, 3.63) is 0 Å². The minimum atomic E-state index is -3.83. The third kappa shape index (κ3) is 7.58. The van der Waals surface area contributed by atoms with Crippen LogP contribution in [-0.2, 0) is 14.9 Å². The zero-order valence-electron chi connectivity index (χ0n) is 5.41. The minimum absolute atomic E-state index is 0.232. The van der Waals surface area contributed by atoms with E-state index in [0.717, 1.165) is 0 Å². The van der Waals surface area contributed by atoms with Gasteiger partial charge in [0.1, 0.15) is 0 Å². The van der Waals surface area contributed by atoms with Crippen molar-refractivity contribution in [2.45, 2.75) is 19.3 Å². The number of rotatable bonds is 5. The Morgan fingerprint density at radius 2 is 1.90 bits per heavy atom. The molecule has 0 heterocycles. The zero-order chi connectivity index (χ0) is 8.04. The van der Waals surface area contributed by atoms with Gasteiger partial charge in [0.05, 0.1) is 5.75 Å². The number of hydrogen-bond acceptors (Lipinski definition) is 3. The summed E-state index contributed by atoms with van der Waals surface area (Å²) < 4.78 is 28.3. The summed E-state index contributed by atoms with van der Waals surface area (Å²) in [5, 5.41) is 0. The lowest BCUT2D eigenvalue weighted by Gasteiger charge is -1.92. The van der Waals surface area contributed by atoms with Gasteiger partial charge in [0.15, 0.2) is 6.29 Å². The van der Waals surface area contributed by atoms with Gasteiger partial charge in [-0.05, 0) is 12.8 Å². The molecule has 0 aromatic heterocycles. The molecule has 0 aromatic rings. The van der Waals surface area contributed by atoms with Crippen molar-refractivity contribution in [3.8, 4) is 0 Å². The molecule has 0 aliphatic carbocycles. The summed E-state index contributed by atoms with van der Waals surface area (Å²) >= 11 is 0. The number of unbranched alkanes of at least 4 members (excludes halogenated alkanes) is 2. The van der Waals surface area contributed by atoms with E-state index < -0.39 is 10.1 Å². The summed E-state index contributed by atoms with van der Waals surface area (Å²) in [6, 6.07) is 0. The lowest BCUT2D eigenvalue weighted by Crippen LogP contribution is -2.03. The second-order valence-corrected chi connectivity index (χ2v) is 3.46. The standard InChI is InChI=1S/C5H9O4S/c6-4-2-1-3-5-10(7,8)9/h1-3,5H2,(H,7,8,9). The topological polar surface area (TPSA) is 71.4 Å². The van der Waals surface area contributed by atoms with Gasteiger partial charge >= 0.3 is 0 Å². The van der Waals surface area contributed by atoms with Crippen molar-refractivity contribution in [2.24, 2.45) is 0 Å². The van der Waals surface area contributed by atoms with Crippen LogP contribution < -0.4 is 0 Å². The third-order valence-corrected chi connectivity index (χ3v) is 1.74. The lowest BCUT2D eigenvalue weighted by molar-refractivity contribution is 0.479. The second-order valence-electron chi connectivity index (χ2n) is 1.89. The average Bonchev–Trinajstić information content (AvgIpc) is 1.78. The van der Waals surface area contributed by atoms with Gasteiger partial charge in [-0.2, -0.15) is 8.42 Å². The molecule has 0 aliphatic rings. The van der Waals surface area contributed by atoms with E-state index in [1.165, 1.54) is 0 Å². The van der Waals surface area contributed by atoms with Gasteiger partial charge in [0.25, 0.3) is 10.1 Å². The first kappa shape index (κ1) is 9.58. The van der Waals surface area contributed by atoms with Gasteiger partial charge in [0, 0.05) is 6.42 Å². The van der Waals surface area contributed by atoms with E-state index in [4.69, 9.17) is 4.55 Å². The van der Waals surface area contributed by atoms with Crippen LogP contribution in [0.3, 0.4) is 0 Å². The van der Waals surface area contributed by atoms with Gasteiger partial charge < -0.3 is 0 Å². The molecule has 0 amide bonds. The van der Waals surface area contributed by atoms with E-state index >= 15 is 0 Å². The number of hydrogen-bond donors (Lipinski definition) is 1. The molecule has 4 nitrogen and oxygen atoms in total. The van der Waals surface area contributed by atoms with E-state index in [1.54, 1.807) is 6.29 Å². The molecule has 59 valence electrons. The van der Waals surface area contributed by atoms with Crippen LogP contribution in [-0.4, -0.2) is 25.0 Å². The predicted octanol–water partition coefficient (Wildman–Crippen LogP) is 0.154. The van der Waals surface area contributed by atoms with Crippen LogP contribution in [0.2, 0.25) is 0 Å². The molecule has 5 heteroatoms. The summed E-state index contributed by atoms with van der Waals surface area (Å²) in [5.74, 6) is -0.269. The van der Waals surface area contributed by atoms with Crippen molar-refractivity contribution >= 4 is 16.4 Å². The fourth-order valence-electron chi connectivity index (χ4n) is 0.482. The summed E-state index contributed by atoms with van der Waals surface area (Å²) in [6.07, 6.45) is 2.63. The third-order valence-electron chi connectivity index (χ3n) is 0.931. The Morgan fingerprint density at radius 1 is 1.30 bits per heavy atom. The van der Waals surface area contributed by atoms with Crippen molar-refractivity contribution in [3.63, 3.8) is 0 Å². The molecule has 1 radical (unpaired) electrons. The van der Waals surface area contributed by atoms with E-state index in [1.807, 2.05) is 0 Å². The van der Waals surface area contributed by atoms with Crippen molar-refractivity contribution in [2.75, 3.05) is 5.75 Å². The Labute approximate surface area is 60.0 Å². The van der Waals surface area contributed by atoms with E-state index in [9.17, 15) is 13.2 Å². The van der Waals surface area contributed by atoms with Crippen LogP contribution in [0.5, 0.6) is 0 Å². The van der Waals surface area contributed by atoms with Crippen LogP contribution in [0.1, 0.15) is 19.3 Å². The summed E-state index contributed by atoms with van der Waals surface area (Å²) in [5.41, 5.74) is 0. The highest BCUT2D eigenvalue weighted by molar-refractivity contribution is 7.85. The molecule has 0 bridgehead atoms.